The van der Waals surface area contributed by atoms with Gasteiger partial charge in [-0.3, -0.25) is 0 Å². The van der Waals surface area contributed by atoms with E-state index < -0.39 is 15.8 Å². The standard InChI is InChI=1S/C19H23FN4O2S/c1-13-9-16(20)3-4-18(13)27(25,26)24-8-5-14(12-24)19-21-10-15-11-23(2)7-6-17(15)22-19/h3-4,9-10,14H,5-8,11-12H2,1-2H3. The first kappa shape index (κ1) is 18.5. The molecule has 1 fully saturated rings. The minimum atomic E-state index is -3.65. The predicted octanol–water partition coefficient (Wildman–Crippen LogP) is 2.09. The van der Waals surface area contributed by atoms with Crippen molar-refractivity contribution in [1.29, 1.82) is 0 Å². The highest BCUT2D eigenvalue weighted by Gasteiger charge is 2.35. The Hall–Kier alpha value is -1.90. The van der Waals surface area contributed by atoms with Crippen molar-refractivity contribution in [2.45, 2.75) is 37.1 Å². The van der Waals surface area contributed by atoms with Crippen molar-refractivity contribution in [2.24, 2.45) is 0 Å². The fourth-order valence-corrected chi connectivity index (χ4v) is 5.57. The molecule has 1 aromatic heterocycles. The zero-order valence-electron chi connectivity index (χ0n) is 15.5. The van der Waals surface area contributed by atoms with Gasteiger partial charge in [-0.1, -0.05) is 0 Å². The first-order chi connectivity index (χ1) is 12.8. The molecule has 2 aromatic rings. The molecule has 4 rings (SSSR count). The molecule has 0 spiro atoms. The Morgan fingerprint density at radius 3 is 2.85 bits per heavy atom. The molecule has 144 valence electrons. The SMILES string of the molecule is Cc1cc(F)ccc1S(=O)(=O)N1CCC(c2ncc3c(n2)CCN(C)C3)C1. The number of fused-ring (bicyclic) bond motifs is 1. The first-order valence-corrected chi connectivity index (χ1v) is 10.6. The predicted molar refractivity (Wildman–Crippen MR) is 99.3 cm³/mol. The summed E-state index contributed by atoms with van der Waals surface area (Å²) in [5, 5.41) is 0. The number of hydrogen-bond donors (Lipinski definition) is 0. The number of hydrogen-bond acceptors (Lipinski definition) is 5. The molecule has 27 heavy (non-hydrogen) atoms. The maximum Gasteiger partial charge on any atom is 0.243 e. The maximum atomic E-state index is 13.3. The quantitative estimate of drug-likeness (QED) is 0.803. The lowest BCUT2D eigenvalue weighted by molar-refractivity contribution is 0.308. The monoisotopic (exact) mass is 390 g/mol. The third-order valence-corrected chi connectivity index (χ3v) is 7.44. The smallest absolute Gasteiger partial charge is 0.243 e. The van der Waals surface area contributed by atoms with Gasteiger partial charge in [-0.05, 0) is 44.2 Å². The number of aromatic nitrogens is 2. The highest BCUT2D eigenvalue weighted by molar-refractivity contribution is 7.89. The molecule has 1 saturated heterocycles. The van der Waals surface area contributed by atoms with Gasteiger partial charge in [0.2, 0.25) is 10.0 Å². The van der Waals surface area contributed by atoms with Gasteiger partial charge in [0.15, 0.2) is 0 Å². The Balaban J connectivity index is 1.55. The van der Waals surface area contributed by atoms with Crippen LogP contribution in [0.25, 0.3) is 0 Å². The number of halogens is 1. The molecule has 3 heterocycles. The summed E-state index contributed by atoms with van der Waals surface area (Å²) in [5.41, 5.74) is 2.65. The lowest BCUT2D eigenvalue weighted by atomic mass is 10.1. The van der Waals surface area contributed by atoms with Crippen LogP contribution in [0.2, 0.25) is 0 Å². The van der Waals surface area contributed by atoms with E-state index in [9.17, 15) is 12.8 Å². The van der Waals surface area contributed by atoms with E-state index in [-0.39, 0.29) is 10.8 Å². The van der Waals surface area contributed by atoms with E-state index in [1.165, 1.54) is 22.5 Å². The number of rotatable bonds is 3. The summed E-state index contributed by atoms with van der Waals surface area (Å²) in [6.45, 7) is 4.22. The molecule has 2 aliphatic rings. The Morgan fingerprint density at radius 2 is 2.07 bits per heavy atom. The summed E-state index contributed by atoms with van der Waals surface area (Å²) < 4.78 is 40.7. The third kappa shape index (κ3) is 3.49. The van der Waals surface area contributed by atoms with Gasteiger partial charge in [-0.15, -0.1) is 0 Å². The van der Waals surface area contributed by atoms with Crippen LogP contribution in [-0.4, -0.2) is 54.3 Å². The summed E-state index contributed by atoms with van der Waals surface area (Å²) >= 11 is 0. The molecule has 8 heteroatoms. The lowest BCUT2D eigenvalue weighted by Crippen LogP contribution is -2.30. The Morgan fingerprint density at radius 1 is 1.26 bits per heavy atom. The Bertz CT molecular complexity index is 980. The molecule has 0 saturated carbocycles. The number of sulfonamides is 1. The first-order valence-electron chi connectivity index (χ1n) is 9.14. The van der Waals surface area contributed by atoms with Gasteiger partial charge in [0.1, 0.15) is 11.6 Å². The molecule has 0 radical (unpaired) electrons. The normalized spacial score (nSPS) is 21.4. The second kappa shape index (κ2) is 6.92. The lowest BCUT2D eigenvalue weighted by Gasteiger charge is -2.24. The van der Waals surface area contributed by atoms with Crippen LogP contribution in [-0.2, 0) is 23.0 Å². The molecule has 6 nitrogen and oxygen atoms in total. The molecule has 0 bridgehead atoms. The van der Waals surface area contributed by atoms with Crippen molar-refractivity contribution in [1.82, 2.24) is 19.2 Å². The van der Waals surface area contributed by atoms with Crippen molar-refractivity contribution < 1.29 is 12.8 Å². The summed E-state index contributed by atoms with van der Waals surface area (Å²) in [6, 6.07) is 3.79. The molecular formula is C19H23FN4O2S. The van der Waals surface area contributed by atoms with Crippen molar-refractivity contribution in [3.63, 3.8) is 0 Å². The minimum absolute atomic E-state index is 0.00881. The molecule has 1 unspecified atom stereocenters. The zero-order valence-corrected chi connectivity index (χ0v) is 16.3. The second-order valence-corrected chi connectivity index (χ2v) is 9.35. The van der Waals surface area contributed by atoms with Gasteiger partial charge in [0.25, 0.3) is 0 Å². The maximum absolute atomic E-state index is 13.3. The summed E-state index contributed by atoms with van der Waals surface area (Å²) in [6.07, 6.45) is 3.47. The van der Waals surface area contributed by atoms with Crippen molar-refractivity contribution in [3.8, 4) is 0 Å². The van der Waals surface area contributed by atoms with Crippen LogP contribution in [0.15, 0.2) is 29.3 Å². The number of nitrogens with zero attached hydrogens (tertiary/aromatic N) is 4. The van der Waals surface area contributed by atoms with Crippen LogP contribution < -0.4 is 0 Å². The van der Waals surface area contributed by atoms with Crippen LogP contribution in [0.3, 0.4) is 0 Å². The summed E-state index contributed by atoms with van der Waals surface area (Å²) in [5.74, 6) is 0.288. The highest BCUT2D eigenvalue weighted by atomic mass is 32.2. The van der Waals surface area contributed by atoms with E-state index in [4.69, 9.17) is 4.98 Å². The molecule has 0 aliphatic carbocycles. The third-order valence-electron chi connectivity index (χ3n) is 5.41. The van der Waals surface area contributed by atoms with Gasteiger partial charge in [0, 0.05) is 56.0 Å². The van der Waals surface area contributed by atoms with Gasteiger partial charge in [-0.25, -0.2) is 22.8 Å². The zero-order chi connectivity index (χ0) is 19.2. The summed E-state index contributed by atoms with van der Waals surface area (Å²) in [4.78, 5) is 11.7. The van der Waals surface area contributed by atoms with Gasteiger partial charge < -0.3 is 4.90 Å². The van der Waals surface area contributed by atoms with Crippen molar-refractivity contribution >= 4 is 10.0 Å². The van der Waals surface area contributed by atoms with E-state index in [0.717, 1.165) is 36.6 Å². The van der Waals surface area contributed by atoms with E-state index in [2.05, 4.69) is 16.9 Å². The number of aryl methyl sites for hydroxylation is 1. The molecule has 0 amide bonds. The van der Waals surface area contributed by atoms with E-state index >= 15 is 0 Å². The van der Waals surface area contributed by atoms with E-state index in [1.807, 2.05) is 6.20 Å². The van der Waals surface area contributed by atoms with Crippen LogP contribution in [0.4, 0.5) is 4.39 Å². The number of benzene rings is 1. The average Bonchev–Trinajstić information content (AvgIpc) is 3.12. The van der Waals surface area contributed by atoms with Gasteiger partial charge in [-0.2, -0.15) is 4.31 Å². The van der Waals surface area contributed by atoms with Gasteiger partial charge >= 0.3 is 0 Å². The van der Waals surface area contributed by atoms with E-state index in [1.54, 1.807) is 6.92 Å². The van der Waals surface area contributed by atoms with Gasteiger partial charge in [0.05, 0.1) is 4.90 Å². The van der Waals surface area contributed by atoms with Crippen molar-refractivity contribution in [3.05, 3.63) is 52.9 Å². The molecular weight excluding hydrogens is 367 g/mol. The van der Waals surface area contributed by atoms with Crippen LogP contribution in [0.1, 0.15) is 35.0 Å². The van der Waals surface area contributed by atoms with Crippen molar-refractivity contribution in [2.75, 3.05) is 26.7 Å². The summed E-state index contributed by atoms with van der Waals surface area (Å²) in [7, 11) is -1.57. The number of likely N-dealkylation sites (N-methyl/N-ethyl adjacent to an activating group) is 1. The molecule has 0 N–H and O–H groups in total. The molecule has 1 aromatic carbocycles. The minimum Gasteiger partial charge on any atom is -0.302 e. The second-order valence-electron chi connectivity index (χ2n) is 7.45. The topological polar surface area (TPSA) is 66.4 Å². The van der Waals surface area contributed by atoms with Crippen LogP contribution in [0.5, 0.6) is 0 Å². The molecule has 2 aliphatic heterocycles. The average molecular weight is 390 g/mol. The largest absolute Gasteiger partial charge is 0.302 e. The Kier molecular flexibility index (Phi) is 4.73. The fourth-order valence-electron chi connectivity index (χ4n) is 3.87. The fraction of sp³-hybridized carbons (Fsp3) is 0.474. The molecule has 1 atom stereocenters. The van der Waals surface area contributed by atoms with E-state index in [0.29, 0.717) is 25.1 Å². The van der Waals surface area contributed by atoms with Crippen LogP contribution >= 0.6 is 0 Å². The highest BCUT2D eigenvalue weighted by Crippen LogP contribution is 2.31. The van der Waals surface area contributed by atoms with Crippen LogP contribution in [0, 0.1) is 12.7 Å². The Labute approximate surface area is 159 Å².